The quantitative estimate of drug-likeness (QED) is 0.731. The maximum atomic E-state index is 11.6. The van der Waals surface area contributed by atoms with Crippen LogP contribution in [0.3, 0.4) is 0 Å². The van der Waals surface area contributed by atoms with Gasteiger partial charge in [0, 0.05) is 13.0 Å². The lowest BCUT2D eigenvalue weighted by molar-refractivity contribution is -0.118. The fraction of sp³-hybridized carbons (Fsp3) is 0.769. The molecule has 1 atom stereocenters. The highest BCUT2D eigenvalue weighted by molar-refractivity contribution is 7.99. The Morgan fingerprint density at radius 1 is 1.45 bits per heavy atom. The number of carbonyl (C=O) groups excluding carboxylic acids is 1. The van der Waals surface area contributed by atoms with Crippen LogP contribution in [0.15, 0.2) is 9.64 Å². The molecule has 2 heterocycles. The Hall–Kier alpha value is -1.09. The van der Waals surface area contributed by atoms with Gasteiger partial charge in [0.25, 0.3) is 5.22 Å². The summed E-state index contributed by atoms with van der Waals surface area (Å²) in [5.74, 6) is 1.49. The third-order valence-corrected chi connectivity index (χ3v) is 5.93. The summed E-state index contributed by atoms with van der Waals surface area (Å²) >= 11 is 1.19. The van der Waals surface area contributed by atoms with Crippen LogP contribution in [0, 0.1) is 11.8 Å². The van der Waals surface area contributed by atoms with E-state index in [2.05, 4.69) is 15.5 Å². The molecular weight excluding hydrogens is 326 g/mol. The number of thioether (sulfide) groups is 1. The molecule has 0 spiro atoms. The fourth-order valence-electron chi connectivity index (χ4n) is 2.16. The van der Waals surface area contributed by atoms with Crippen LogP contribution in [-0.2, 0) is 21.1 Å². The van der Waals surface area contributed by atoms with Gasteiger partial charge >= 0.3 is 0 Å². The first kappa shape index (κ1) is 17.3. The first-order valence-corrected chi connectivity index (χ1v) is 10.1. The summed E-state index contributed by atoms with van der Waals surface area (Å²) in [7, 11) is -2.89. The molecule has 1 aromatic heterocycles. The summed E-state index contributed by atoms with van der Waals surface area (Å²) in [6.45, 7) is 4.70. The summed E-state index contributed by atoms with van der Waals surface area (Å²) in [4.78, 5) is 11.6. The number of carbonyl (C=O) groups is 1. The van der Waals surface area contributed by atoms with Gasteiger partial charge in [0.2, 0.25) is 11.8 Å². The number of rotatable bonds is 7. The molecule has 1 saturated heterocycles. The molecular formula is C13H21N3O4S2. The predicted octanol–water partition coefficient (Wildman–Crippen LogP) is 0.911. The van der Waals surface area contributed by atoms with Crippen molar-refractivity contribution < 1.29 is 17.6 Å². The van der Waals surface area contributed by atoms with Crippen LogP contribution < -0.4 is 5.32 Å². The number of sulfone groups is 1. The second kappa shape index (κ2) is 7.45. The average Bonchev–Trinajstić information content (AvgIpc) is 3.01. The zero-order valence-corrected chi connectivity index (χ0v) is 14.4. The zero-order chi connectivity index (χ0) is 16.2. The van der Waals surface area contributed by atoms with Crippen molar-refractivity contribution >= 4 is 27.5 Å². The highest BCUT2D eigenvalue weighted by atomic mass is 32.2. The molecule has 0 aromatic carbocycles. The van der Waals surface area contributed by atoms with E-state index in [1.165, 1.54) is 11.8 Å². The topological polar surface area (TPSA) is 102 Å². The molecule has 0 unspecified atom stereocenters. The van der Waals surface area contributed by atoms with Crippen LogP contribution in [0.1, 0.15) is 26.2 Å². The Balaban J connectivity index is 1.76. The van der Waals surface area contributed by atoms with Gasteiger partial charge in [-0.2, -0.15) is 0 Å². The maximum Gasteiger partial charge on any atom is 0.277 e. The van der Waals surface area contributed by atoms with Crippen LogP contribution in [0.4, 0.5) is 0 Å². The van der Waals surface area contributed by atoms with Gasteiger partial charge in [-0.05, 0) is 18.3 Å². The molecule has 7 nitrogen and oxygen atoms in total. The van der Waals surface area contributed by atoms with E-state index in [9.17, 15) is 13.2 Å². The van der Waals surface area contributed by atoms with Crippen molar-refractivity contribution in [3.05, 3.63) is 5.89 Å². The Bertz CT molecular complexity index is 613. The molecule has 22 heavy (non-hydrogen) atoms. The minimum atomic E-state index is -2.89. The van der Waals surface area contributed by atoms with Crippen molar-refractivity contribution in [1.82, 2.24) is 15.5 Å². The maximum absolute atomic E-state index is 11.6. The van der Waals surface area contributed by atoms with Gasteiger partial charge in [-0.1, -0.05) is 25.6 Å². The Kier molecular flexibility index (Phi) is 5.85. The standard InChI is InChI=1S/C13H21N3O4S2/c1-9(2)6-14-11(17)7-21-13-16-15-12(20-13)5-10-3-4-22(18,19)8-10/h9-10H,3-8H2,1-2H3,(H,14,17)/t10-/m1/s1. The zero-order valence-electron chi connectivity index (χ0n) is 12.7. The second-order valence-electron chi connectivity index (χ2n) is 5.92. The first-order chi connectivity index (χ1) is 10.3. The Morgan fingerprint density at radius 2 is 2.23 bits per heavy atom. The van der Waals surface area contributed by atoms with E-state index in [4.69, 9.17) is 4.42 Å². The minimum Gasteiger partial charge on any atom is -0.416 e. The Morgan fingerprint density at radius 3 is 2.86 bits per heavy atom. The van der Waals surface area contributed by atoms with E-state index in [0.29, 0.717) is 36.4 Å². The summed E-state index contributed by atoms with van der Waals surface area (Å²) in [5.41, 5.74) is 0. The smallest absolute Gasteiger partial charge is 0.277 e. The van der Waals surface area contributed by atoms with E-state index < -0.39 is 9.84 Å². The summed E-state index contributed by atoms with van der Waals surface area (Å²) in [6, 6.07) is 0. The van der Waals surface area contributed by atoms with Crippen molar-refractivity contribution in [3.63, 3.8) is 0 Å². The third-order valence-electron chi connectivity index (χ3n) is 3.27. The number of hydrogen-bond acceptors (Lipinski definition) is 7. The lowest BCUT2D eigenvalue weighted by Gasteiger charge is -2.05. The van der Waals surface area contributed by atoms with E-state index in [-0.39, 0.29) is 29.1 Å². The van der Waals surface area contributed by atoms with Gasteiger partial charge in [-0.15, -0.1) is 10.2 Å². The van der Waals surface area contributed by atoms with E-state index in [1.807, 2.05) is 13.8 Å². The van der Waals surface area contributed by atoms with Crippen LogP contribution in [0.25, 0.3) is 0 Å². The van der Waals surface area contributed by atoms with Crippen LogP contribution in [0.5, 0.6) is 0 Å². The molecule has 0 saturated carbocycles. The molecule has 1 aliphatic heterocycles. The second-order valence-corrected chi connectivity index (χ2v) is 9.08. The van der Waals surface area contributed by atoms with Crippen molar-refractivity contribution in [2.24, 2.45) is 11.8 Å². The average molecular weight is 347 g/mol. The van der Waals surface area contributed by atoms with Crippen molar-refractivity contribution in [2.45, 2.75) is 31.9 Å². The molecule has 1 amide bonds. The molecule has 0 radical (unpaired) electrons. The van der Waals surface area contributed by atoms with E-state index in [1.54, 1.807) is 0 Å². The van der Waals surface area contributed by atoms with Crippen molar-refractivity contribution in [1.29, 1.82) is 0 Å². The molecule has 124 valence electrons. The number of aromatic nitrogens is 2. The predicted molar refractivity (Wildman–Crippen MR) is 83.3 cm³/mol. The molecule has 0 bridgehead atoms. The van der Waals surface area contributed by atoms with Crippen LogP contribution in [-0.4, -0.2) is 48.3 Å². The fourth-order valence-corrected chi connectivity index (χ4v) is 4.63. The van der Waals surface area contributed by atoms with Gasteiger partial charge in [0.1, 0.15) is 0 Å². The van der Waals surface area contributed by atoms with Gasteiger partial charge in [0.15, 0.2) is 9.84 Å². The largest absolute Gasteiger partial charge is 0.416 e. The number of nitrogens with zero attached hydrogens (tertiary/aromatic N) is 2. The lowest BCUT2D eigenvalue weighted by atomic mass is 10.1. The normalized spacial score (nSPS) is 20.4. The number of hydrogen-bond donors (Lipinski definition) is 1. The van der Waals surface area contributed by atoms with Crippen LogP contribution >= 0.6 is 11.8 Å². The molecule has 9 heteroatoms. The molecule has 1 fully saturated rings. The molecule has 2 rings (SSSR count). The van der Waals surface area contributed by atoms with E-state index >= 15 is 0 Å². The van der Waals surface area contributed by atoms with Gasteiger partial charge < -0.3 is 9.73 Å². The minimum absolute atomic E-state index is 0.0534. The molecule has 1 aliphatic rings. The SMILES string of the molecule is CC(C)CNC(=O)CSc1nnc(C[C@H]2CCS(=O)(=O)C2)o1. The summed E-state index contributed by atoms with van der Waals surface area (Å²) < 4.78 is 28.3. The summed E-state index contributed by atoms with van der Waals surface area (Å²) in [5, 5.41) is 10.9. The molecule has 1 N–H and O–H groups in total. The molecule has 1 aromatic rings. The van der Waals surface area contributed by atoms with Gasteiger partial charge in [-0.3, -0.25) is 4.79 Å². The highest BCUT2D eigenvalue weighted by Crippen LogP contribution is 2.23. The van der Waals surface area contributed by atoms with Gasteiger partial charge in [0.05, 0.1) is 17.3 Å². The summed E-state index contributed by atoms with van der Waals surface area (Å²) in [6.07, 6.45) is 1.12. The molecule has 0 aliphatic carbocycles. The Labute approximate surface area is 134 Å². The van der Waals surface area contributed by atoms with Gasteiger partial charge in [-0.25, -0.2) is 8.42 Å². The first-order valence-electron chi connectivity index (χ1n) is 7.26. The third kappa shape index (κ3) is 5.60. The van der Waals surface area contributed by atoms with Crippen LogP contribution in [0.2, 0.25) is 0 Å². The van der Waals surface area contributed by atoms with Crippen molar-refractivity contribution in [2.75, 3.05) is 23.8 Å². The van der Waals surface area contributed by atoms with Crippen molar-refractivity contribution in [3.8, 4) is 0 Å². The number of amides is 1. The highest BCUT2D eigenvalue weighted by Gasteiger charge is 2.29. The lowest BCUT2D eigenvalue weighted by Crippen LogP contribution is -2.28. The van der Waals surface area contributed by atoms with E-state index in [0.717, 1.165) is 0 Å². The number of nitrogens with one attached hydrogen (secondary N) is 1. The monoisotopic (exact) mass is 347 g/mol.